The van der Waals surface area contributed by atoms with Gasteiger partial charge in [0.25, 0.3) is 0 Å². The fourth-order valence-electron chi connectivity index (χ4n) is 4.18. The zero-order valence-corrected chi connectivity index (χ0v) is 22.4. The van der Waals surface area contributed by atoms with Gasteiger partial charge in [-0.1, -0.05) is 26.0 Å². The van der Waals surface area contributed by atoms with Gasteiger partial charge >= 0.3 is 6.03 Å². The van der Waals surface area contributed by atoms with Crippen LogP contribution in [-0.2, 0) is 17.8 Å². The van der Waals surface area contributed by atoms with E-state index in [-0.39, 0.29) is 24.9 Å². The lowest BCUT2D eigenvalue weighted by molar-refractivity contribution is -0.120. The summed E-state index contributed by atoms with van der Waals surface area (Å²) >= 11 is 0. The molecule has 0 aromatic heterocycles. The number of methoxy groups -OCH3 is 1. The summed E-state index contributed by atoms with van der Waals surface area (Å²) in [5.41, 5.74) is 1.19. The van der Waals surface area contributed by atoms with Crippen LogP contribution in [0.3, 0.4) is 0 Å². The van der Waals surface area contributed by atoms with Crippen LogP contribution in [0.25, 0.3) is 0 Å². The van der Waals surface area contributed by atoms with Crippen LogP contribution in [0.5, 0.6) is 5.75 Å². The molecule has 0 aliphatic carbocycles. The molecule has 0 aliphatic heterocycles. The molecule has 0 bridgehead atoms. The molecule has 0 heterocycles. The van der Waals surface area contributed by atoms with Crippen molar-refractivity contribution in [2.24, 2.45) is 0 Å². The SMILES string of the molecule is CCCN(CCC)CCC(=O)NC(=O)N[C@@H](Cc1cc(F)cc(F)c1)[C@H](O)CNCc1cccc(OC)c1. The number of imide groups is 1. The van der Waals surface area contributed by atoms with Gasteiger partial charge in [0.1, 0.15) is 17.4 Å². The van der Waals surface area contributed by atoms with Crippen molar-refractivity contribution in [2.45, 2.75) is 58.2 Å². The van der Waals surface area contributed by atoms with Gasteiger partial charge in [-0.25, -0.2) is 13.6 Å². The zero-order valence-electron chi connectivity index (χ0n) is 22.4. The van der Waals surface area contributed by atoms with Crippen molar-refractivity contribution in [1.29, 1.82) is 0 Å². The number of nitrogens with zero attached hydrogens (tertiary/aromatic N) is 1. The van der Waals surface area contributed by atoms with Gasteiger partial charge in [-0.3, -0.25) is 10.1 Å². The number of ether oxygens (including phenoxy) is 1. The van der Waals surface area contributed by atoms with Gasteiger partial charge in [0, 0.05) is 32.1 Å². The number of carbonyl (C=O) groups is 2. The quantitative estimate of drug-likeness (QED) is 0.263. The Hall–Kier alpha value is -3.08. The van der Waals surface area contributed by atoms with Crippen molar-refractivity contribution in [1.82, 2.24) is 20.9 Å². The monoisotopic (exact) mass is 534 g/mol. The minimum atomic E-state index is -1.11. The minimum absolute atomic E-state index is 0.0426. The van der Waals surface area contributed by atoms with Gasteiger partial charge in [-0.2, -0.15) is 0 Å². The van der Waals surface area contributed by atoms with Crippen molar-refractivity contribution < 1.29 is 28.2 Å². The molecule has 3 amide bonds. The summed E-state index contributed by atoms with van der Waals surface area (Å²) in [6.07, 6.45) is 0.927. The van der Waals surface area contributed by atoms with Gasteiger partial charge in [-0.15, -0.1) is 0 Å². The smallest absolute Gasteiger partial charge is 0.321 e. The number of aliphatic hydroxyl groups excluding tert-OH is 1. The molecule has 2 aromatic carbocycles. The number of carbonyl (C=O) groups excluding carboxylic acids is 2. The molecule has 2 aromatic rings. The highest BCUT2D eigenvalue weighted by atomic mass is 19.1. The Bertz CT molecular complexity index is 998. The third-order valence-electron chi connectivity index (χ3n) is 5.96. The number of benzene rings is 2. The third kappa shape index (κ3) is 11.5. The van der Waals surface area contributed by atoms with E-state index >= 15 is 0 Å². The first-order valence-electron chi connectivity index (χ1n) is 13.0. The predicted octanol–water partition coefficient (Wildman–Crippen LogP) is 3.37. The van der Waals surface area contributed by atoms with E-state index in [9.17, 15) is 23.5 Å². The molecule has 4 N–H and O–H groups in total. The Kier molecular flexibility index (Phi) is 13.7. The first kappa shape index (κ1) is 31.1. The van der Waals surface area contributed by atoms with E-state index in [1.165, 1.54) is 0 Å². The Balaban J connectivity index is 1.99. The second kappa shape index (κ2) is 16.7. The topological polar surface area (TPSA) is 103 Å². The number of hydrogen-bond acceptors (Lipinski definition) is 6. The molecule has 10 heteroatoms. The summed E-state index contributed by atoms with van der Waals surface area (Å²) < 4.78 is 32.7. The molecule has 210 valence electrons. The number of aliphatic hydroxyl groups is 1. The number of amides is 3. The van der Waals surface area contributed by atoms with Crippen LogP contribution in [0.1, 0.15) is 44.2 Å². The average molecular weight is 535 g/mol. The van der Waals surface area contributed by atoms with Gasteiger partial charge in [0.2, 0.25) is 5.91 Å². The van der Waals surface area contributed by atoms with E-state index in [1.807, 2.05) is 24.3 Å². The molecule has 0 unspecified atom stereocenters. The lowest BCUT2D eigenvalue weighted by atomic mass is 10.0. The Labute approximate surface area is 223 Å². The molecule has 8 nitrogen and oxygen atoms in total. The lowest BCUT2D eigenvalue weighted by Gasteiger charge is -2.25. The van der Waals surface area contributed by atoms with Crippen LogP contribution >= 0.6 is 0 Å². The molecular weight excluding hydrogens is 494 g/mol. The molecule has 38 heavy (non-hydrogen) atoms. The first-order chi connectivity index (χ1) is 18.2. The highest BCUT2D eigenvalue weighted by molar-refractivity contribution is 5.94. The molecular formula is C28H40F2N4O4. The average Bonchev–Trinajstić information content (AvgIpc) is 2.86. The van der Waals surface area contributed by atoms with Crippen molar-refractivity contribution in [3.8, 4) is 5.75 Å². The van der Waals surface area contributed by atoms with Crippen LogP contribution in [0, 0.1) is 11.6 Å². The van der Waals surface area contributed by atoms with Crippen LogP contribution in [0.4, 0.5) is 13.6 Å². The van der Waals surface area contributed by atoms with E-state index in [1.54, 1.807) is 7.11 Å². The first-order valence-corrected chi connectivity index (χ1v) is 13.0. The van der Waals surface area contributed by atoms with Crippen molar-refractivity contribution >= 4 is 11.9 Å². The fourth-order valence-corrected chi connectivity index (χ4v) is 4.18. The maximum atomic E-state index is 13.8. The molecule has 2 atom stereocenters. The number of halogens is 2. The number of nitrogens with one attached hydrogen (secondary N) is 3. The van der Waals surface area contributed by atoms with E-state index in [0.717, 1.165) is 49.7 Å². The Morgan fingerprint density at radius 2 is 1.68 bits per heavy atom. The van der Waals surface area contributed by atoms with Gasteiger partial charge in [0.15, 0.2) is 0 Å². The van der Waals surface area contributed by atoms with Gasteiger partial charge in [-0.05, 0) is 67.7 Å². The Morgan fingerprint density at radius 3 is 2.32 bits per heavy atom. The third-order valence-corrected chi connectivity index (χ3v) is 5.96. The number of rotatable bonds is 16. The zero-order chi connectivity index (χ0) is 27.9. The molecule has 2 rings (SSSR count). The van der Waals surface area contributed by atoms with Crippen LogP contribution in [0.2, 0.25) is 0 Å². The van der Waals surface area contributed by atoms with Crippen LogP contribution in [-0.4, -0.2) is 67.4 Å². The highest BCUT2D eigenvalue weighted by Crippen LogP contribution is 2.14. The van der Waals surface area contributed by atoms with E-state index in [4.69, 9.17) is 4.74 Å². The summed E-state index contributed by atoms with van der Waals surface area (Å²) in [7, 11) is 1.57. The molecule has 0 fully saturated rings. The van der Waals surface area contributed by atoms with E-state index in [0.29, 0.717) is 18.8 Å². The van der Waals surface area contributed by atoms with Crippen LogP contribution in [0.15, 0.2) is 42.5 Å². The summed E-state index contributed by atoms with van der Waals surface area (Å²) in [5, 5.41) is 18.9. The van der Waals surface area contributed by atoms with Gasteiger partial charge in [0.05, 0.1) is 19.3 Å². The van der Waals surface area contributed by atoms with Gasteiger partial charge < -0.3 is 25.4 Å². The second-order valence-corrected chi connectivity index (χ2v) is 9.25. The maximum absolute atomic E-state index is 13.8. The van der Waals surface area contributed by atoms with E-state index in [2.05, 4.69) is 34.7 Å². The Morgan fingerprint density at radius 1 is 1.00 bits per heavy atom. The summed E-state index contributed by atoms with van der Waals surface area (Å²) in [5.74, 6) is -1.26. The molecule has 0 spiro atoms. The summed E-state index contributed by atoms with van der Waals surface area (Å²) in [4.78, 5) is 27.1. The molecule has 0 saturated carbocycles. The van der Waals surface area contributed by atoms with Crippen LogP contribution < -0.4 is 20.7 Å². The standard InChI is InChI=1S/C28H40F2N4O4/c1-4-10-34(11-5-2)12-9-27(36)33-28(37)32-25(16-21-13-22(29)17-23(30)14-21)26(35)19-31-18-20-7-6-8-24(15-20)38-3/h6-8,13-15,17,25-26,31,35H,4-5,9-12,16,18-19H2,1-3H3,(H2,32,33,36,37)/t25-,26+/m0/s1. The molecule has 0 radical (unpaired) electrons. The van der Waals surface area contributed by atoms with E-state index < -0.39 is 35.7 Å². The van der Waals surface area contributed by atoms with Crippen molar-refractivity contribution in [2.75, 3.05) is 33.3 Å². The predicted molar refractivity (Wildman–Crippen MR) is 143 cm³/mol. The summed E-state index contributed by atoms with van der Waals surface area (Å²) in [6, 6.07) is 8.77. The molecule has 0 aliphatic rings. The molecule has 0 saturated heterocycles. The fraction of sp³-hybridized carbons (Fsp3) is 0.500. The minimum Gasteiger partial charge on any atom is -0.497 e. The maximum Gasteiger partial charge on any atom is 0.321 e. The lowest BCUT2D eigenvalue weighted by Crippen LogP contribution is -2.52. The number of hydrogen-bond donors (Lipinski definition) is 4. The second-order valence-electron chi connectivity index (χ2n) is 9.25. The normalized spacial score (nSPS) is 12.7. The van der Waals surface area contributed by atoms with Crippen molar-refractivity contribution in [3.05, 3.63) is 65.2 Å². The van der Waals surface area contributed by atoms with Crippen molar-refractivity contribution in [3.63, 3.8) is 0 Å². The largest absolute Gasteiger partial charge is 0.497 e. The summed E-state index contributed by atoms with van der Waals surface area (Å²) in [6.45, 7) is 6.91. The number of urea groups is 1. The highest BCUT2D eigenvalue weighted by Gasteiger charge is 2.23.